The molecule has 0 unspecified atom stereocenters. The van der Waals surface area contributed by atoms with Gasteiger partial charge in [-0.1, -0.05) is 48.0 Å². The van der Waals surface area contributed by atoms with Crippen molar-refractivity contribution in [2.75, 3.05) is 0 Å². The highest BCUT2D eigenvalue weighted by Crippen LogP contribution is 2.38. The van der Waals surface area contributed by atoms with E-state index in [9.17, 15) is 0 Å². The number of hydrogen-bond acceptors (Lipinski definition) is 1. The molecule has 2 heteroatoms. The minimum atomic E-state index is 0.820. The average molecular weight is 259 g/mol. The van der Waals surface area contributed by atoms with Gasteiger partial charge in [-0.05, 0) is 34.9 Å². The van der Waals surface area contributed by atoms with Crippen LogP contribution in [0, 0.1) is 0 Å². The summed E-state index contributed by atoms with van der Waals surface area (Å²) in [6.45, 7) is 0. The lowest BCUT2D eigenvalue weighted by Gasteiger charge is -2.16. The van der Waals surface area contributed by atoms with Crippen LogP contribution in [0.1, 0.15) is 16.7 Å². The molecule has 0 saturated heterocycles. The Morgan fingerprint density at radius 3 is 2.65 bits per heavy atom. The van der Waals surface area contributed by atoms with Crippen LogP contribution in [0.4, 0.5) is 0 Å². The van der Waals surface area contributed by atoms with E-state index in [-0.39, 0.29) is 0 Å². The fourth-order valence-corrected chi connectivity index (χ4v) is 3.22. The van der Waals surface area contributed by atoms with Crippen LogP contribution in [0.25, 0.3) is 11.0 Å². The van der Waals surface area contributed by atoms with Gasteiger partial charge in [0, 0.05) is 15.7 Å². The maximum atomic E-state index is 6.00. The molecule has 17 heavy (non-hydrogen) atoms. The van der Waals surface area contributed by atoms with Gasteiger partial charge >= 0.3 is 0 Å². The Kier molecular flexibility index (Phi) is 2.96. The van der Waals surface area contributed by atoms with E-state index in [1.165, 1.54) is 21.6 Å². The number of thioether (sulfide) groups is 1. The quantitative estimate of drug-likeness (QED) is 0.687. The van der Waals surface area contributed by atoms with Gasteiger partial charge in [0.05, 0.1) is 0 Å². The van der Waals surface area contributed by atoms with Crippen molar-refractivity contribution in [3.8, 4) is 0 Å². The fourth-order valence-electron chi connectivity index (χ4n) is 1.95. The lowest BCUT2D eigenvalue weighted by molar-refractivity contribution is 1.39. The van der Waals surface area contributed by atoms with Gasteiger partial charge in [-0.2, -0.15) is 0 Å². The molecule has 1 heterocycles. The summed E-state index contributed by atoms with van der Waals surface area (Å²) in [4.78, 5) is 1.33. The van der Waals surface area contributed by atoms with E-state index >= 15 is 0 Å². The highest BCUT2D eigenvalue weighted by molar-refractivity contribution is 8.07. The number of rotatable bonds is 1. The van der Waals surface area contributed by atoms with E-state index in [1.807, 2.05) is 23.9 Å². The molecule has 0 fully saturated rings. The van der Waals surface area contributed by atoms with Crippen LogP contribution in [0.3, 0.4) is 0 Å². The van der Waals surface area contributed by atoms with Gasteiger partial charge in [0.25, 0.3) is 0 Å². The first kappa shape index (κ1) is 10.9. The minimum Gasteiger partial charge on any atom is -0.121 e. The van der Waals surface area contributed by atoms with Crippen LogP contribution < -0.4 is 0 Å². The molecule has 0 bridgehead atoms. The Bertz CT molecular complexity index is 573. The van der Waals surface area contributed by atoms with Crippen LogP contribution in [-0.4, -0.2) is 0 Å². The molecule has 0 nitrogen and oxygen atoms in total. The number of halogens is 1. The Labute approximate surface area is 110 Å². The fraction of sp³-hybridized carbons (Fsp3) is 0.0667. The summed E-state index contributed by atoms with van der Waals surface area (Å²) >= 11 is 7.87. The van der Waals surface area contributed by atoms with Gasteiger partial charge in [-0.3, -0.25) is 0 Å². The summed E-state index contributed by atoms with van der Waals surface area (Å²) in [5.74, 6) is 0.997. The topological polar surface area (TPSA) is 0 Å². The molecule has 0 amide bonds. The molecule has 0 radical (unpaired) electrons. The molecule has 0 aliphatic carbocycles. The Morgan fingerprint density at radius 2 is 1.82 bits per heavy atom. The van der Waals surface area contributed by atoms with Crippen LogP contribution in [0.5, 0.6) is 0 Å². The molecule has 2 aromatic rings. The zero-order chi connectivity index (χ0) is 11.7. The van der Waals surface area contributed by atoms with Crippen LogP contribution in [-0.2, 0) is 5.75 Å². The molecular formula is C15H11ClS. The highest BCUT2D eigenvalue weighted by Gasteiger charge is 2.12. The number of benzene rings is 2. The average Bonchev–Trinajstić information content (AvgIpc) is 2.39. The SMILES string of the molecule is Clc1ccc2c(c1)CSC(c1ccccc1)=C2. The summed E-state index contributed by atoms with van der Waals surface area (Å²) in [6, 6.07) is 16.6. The summed E-state index contributed by atoms with van der Waals surface area (Å²) in [6.07, 6.45) is 2.25. The third-order valence-corrected chi connectivity index (χ3v) is 4.19. The molecule has 0 N–H and O–H groups in total. The first-order chi connectivity index (χ1) is 8.33. The minimum absolute atomic E-state index is 0.820. The Balaban J connectivity index is 2.03. The summed E-state index contributed by atoms with van der Waals surface area (Å²) < 4.78 is 0. The zero-order valence-electron chi connectivity index (χ0n) is 9.19. The maximum Gasteiger partial charge on any atom is 0.0409 e. The van der Waals surface area contributed by atoms with E-state index in [2.05, 4.69) is 42.5 Å². The lowest BCUT2D eigenvalue weighted by Crippen LogP contribution is -1.93. The largest absolute Gasteiger partial charge is 0.121 e. The predicted octanol–water partition coefficient (Wildman–Crippen LogP) is 5.08. The van der Waals surface area contributed by atoms with Crippen LogP contribution in [0.15, 0.2) is 48.5 Å². The number of hydrogen-bond donors (Lipinski definition) is 0. The second kappa shape index (κ2) is 4.59. The molecule has 1 aliphatic heterocycles. The molecule has 0 spiro atoms. The van der Waals surface area contributed by atoms with Crippen LogP contribution >= 0.6 is 23.4 Å². The number of fused-ring (bicyclic) bond motifs is 1. The summed E-state index contributed by atoms with van der Waals surface area (Å²) in [5.41, 5.74) is 3.90. The van der Waals surface area contributed by atoms with E-state index in [0.717, 1.165) is 10.8 Å². The third kappa shape index (κ3) is 2.26. The van der Waals surface area contributed by atoms with Gasteiger partial charge in [0.15, 0.2) is 0 Å². The van der Waals surface area contributed by atoms with Crippen molar-refractivity contribution in [3.63, 3.8) is 0 Å². The standard InChI is InChI=1S/C15H11ClS/c16-14-7-6-12-9-15(17-10-13(12)8-14)11-4-2-1-3-5-11/h1-9H,10H2. The first-order valence-electron chi connectivity index (χ1n) is 5.51. The third-order valence-electron chi connectivity index (χ3n) is 2.83. The lowest BCUT2D eigenvalue weighted by atomic mass is 10.1. The van der Waals surface area contributed by atoms with Gasteiger partial charge in [0.1, 0.15) is 0 Å². The van der Waals surface area contributed by atoms with E-state index in [4.69, 9.17) is 11.6 Å². The van der Waals surface area contributed by atoms with Gasteiger partial charge in [0.2, 0.25) is 0 Å². The smallest absolute Gasteiger partial charge is 0.0409 e. The summed E-state index contributed by atoms with van der Waals surface area (Å²) in [7, 11) is 0. The highest BCUT2D eigenvalue weighted by atomic mass is 35.5. The molecular weight excluding hydrogens is 248 g/mol. The van der Waals surface area contributed by atoms with Crippen molar-refractivity contribution in [1.82, 2.24) is 0 Å². The van der Waals surface area contributed by atoms with Crippen molar-refractivity contribution < 1.29 is 0 Å². The predicted molar refractivity (Wildman–Crippen MR) is 77.1 cm³/mol. The van der Waals surface area contributed by atoms with Gasteiger partial charge in [-0.25, -0.2) is 0 Å². The monoisotopic (exact) mass is 258 g/mol. The van der Waals surface area contributed by atoms with Crippen molar-refractivity contribution in [3.05, 3.63) is 70.2 Å². The van der Waals surface area contributed by atoms with Gasteiger partial charge < -0.3 is 0 Å². The van der Waals surface area contributed by atoms with Crippen LogP contribution in [0.2, 0.25) is 5.02 Å². The van der Waals surface area contributed by atoms with Gasteiger partial charge in [-0.15, -0.1) is 11.8 Å². The maximum absolute atomic E-state index is 6.00. The van der Waals surface area contributed by atoms with E-state index in [1.54, 1.807) is 0 Å². The summed E-state index contributed by atoms with van der Waals surface area (Å²) in [5, 5.41) is 0.820. The second-order valence-corrected chi connectivity index (χ2v) is 5.46. The van der Waals surface area contributed by atoms with Crippen molar-refractivity contribution in [2.24, 2.45) is 0 Å². The molecule has 2 aromatic carbocycles. The Morgan fingerprint density at radius 1 is 1.00 bits per heavy atom. The second-order valence-electron chi connectivity index (χ2n) is 4.01. The zero-order valence-corrected chi connectivity index (χ0v) is 10.8. The van der Waals surface area contributed by atoms with E-state index in [0.29, 0.717) is 0 Å². The van der Waals surface area contributed by atoms with Crippen molar-refractivity contribution >= 4 is 34.3 Å². The molecule has 0 saturated carbocycles. The molecule has 0 aromatic heterocycles. The molecule has 0 atom stereocenters. The van der Waals surface area contributed by atoms with Crippen molar-refractivity contribution in [1.29, 1.82) is 0 Å². The Hall–Kier alpha value is -1.18. The first-order valence-corrected chi connectivity index (χ1v) is 6.87. The van der Waals surface area contributed by atoms with Crippen molar-refractivity contribution in [2.45, 2.75) is 5.75 Å². The normalized spacial score (nSPS) is 14.1. The molecule has 1 aliphatic rings. The van der Waals surface area contributed by atoms with E-state index < -0.39 is 0 Å². The molecule has 3 rings (SSSR count). The molecule has 84 valence electrons.